The van der Waals surface area contributed by atoms with Gasteiger partial charge in [0.25, 0.3) is 11.8 Å². The standard InChI is InChI=1S/C50H65ClN4O15S/c1-27-10-8-11-37(65-7)50(64)25-35(67-48(63)52-50)29(3)44-49(5,69-44)38(24-41(58)53(6)34-22-32(20-27)21-28(2)43(34)51)68-46(61)30(4)66-18-9-19-71-36-23-42(59)54(45(36)60)26-31-12-14-33(15-13-31)47(62)70-55-39(56)16-17-40(55)57/h8,10-11,21-22,29-31,33,35-38,44,64H,9,12-20,23-26H2,1-7H3,(H,52,63)/b11-8+,27-10+/t29-,30-,31?,33?,35+,36?,37-,38+,44+,49+,50+/m1/s1. The van der Waals surface area contributed by atoms with Gasteiger partial charge in [0.2, 0.25) is 17.7 Å². The van der Waals surface area contributed by atoms with Crippen molar-refractivity contribution in [1.82, 2.24) is 15.3 Å². The molecule has 4 bridgehead atoms. The molecule has 1 saturated carbocycles. The molecule has 0 aromatic heterocycles. The van der Waals surface area contributed by atoms with Gasteiger partial charge in [-0.05, 0) is 95.1 Å². The average molecular weight is 1030 g/mol. The molecule has 71 heavy (non-hydrogen) atoms. The number of likely N-dealkylation sites (tertiary alicyclic amines) is 1. The van der Waals surface area contributed by atoms with E-state index in [1.54, 1.807) is 33.0 Å². The van der Waals surface area contributed by atoms with Gasteiger partial charge in [-0.3, -0.25) is 34.2 Å². The molecular formula is C50H65ClN4O15S. The van der Waals surface area contributed by atoms with E-state index in [1.807, 2.05) is 32.1 Å². The first-order chi connectivity index (χ1) is 33.6. The highest BCUT2D eigenvalue weighted by molar-refractivity contribution is 8.00. The molecule has 1 aromatic carbocycles. The van der Waals surface area contributed by atoms with Gasteiger partial charge in [-0.1, -0.05) is 48.4 Å². The Bertz CT molecular complexity index is 2320. The number of allylic oxidation sites excluding steroid dienone is 3. The Kier molecular flexibility index (Phi) is 17.1. The van der Waals surface area contributed by atoms with Crippen LogP contribution < -0.4 is 10.2 Å². The van der Waals surface area contributed by atoms with Crippen molar-refractivity contribution in [3.63, 3.8) is 0 Å². The quantitative estimate of drug-likeness (QED) is 0.114. The summed E-state index contributed by atoms with van der Waals surface area (Å²) < 4.78 is 29.7. The van der Waals surface area contributed by atoms with Crippen molar-refractivity contribution in [1.29, 1.82) is 0 Å². The predicted octanol–water partition coefficient (Wildman–Crippen LogP) is 5.04. The molecule has 1 aromatic rings. The summed E-state index contributed by atoms with van der Waals surface area (Å²) in [5.74, 6) is -3.95. The molecule has 388 valence electrons. The SMILES string of the molecule is CO[C@@H]1/C=C/C=C(\C)Cc2cc(C)c(Cl)c(c2)N(C)C(=O)C[C@H](OC(=O)[C@@H](C)OCCCSC2CC(=O)N(CC3CCC(C(=O)ON4C(=O)CCC4=O)CC3)C2=O)[C@]2(C)O[C@H]2[C@H](C)[C@@H]2C[C@@]1(O)NC(=O)O2. The van der Waals surface area contributed by atoms with Gasteiger partial charge >= 0.3 is 18.0 Å². The number of esters is 1. The number of methoxy groups -OCH3 is 1. The first-order valence-electron chi connectivity index (χ1n) is 24.3. The number of halogens is 1. The number of epoxide rings is 1. The minimum absolute atomic E-state index is 0.000330. The van der Waals surface area contributed by atoms with Gasteiger partial charge in [-0.15, -0.1) is 16.8 Å². The highest BCUT2D eigenvalue weighted by Crippen LogP contribution is 2.49. The number of anilines is 1. The van der Waals surface area contributed by atoms with Crippen LogP contribution in [0.4, 0.5) is 10.5 Å². The van der Waals surface area contributed by atoms with Crippen molar-refractivity contribution >= 4 is 76.6 Å². The van der Waals surface area contributed by atoms with E-state index in [9.17, 15) is 43.5 Å². The number of thioether (sulfide) groups is 1. The predicted molar refractivity (Wildman–Crippen MR) is 257 cm³/mol. The van der Waals surface area contributed by atoms with Crippen LogP contribution in [0.1, 0.15) is 103 Å². The summed E-state index contributed by atoms with van der Waals surface area (Å²) in [5.41, 5.74) is 0.00489. The number of carbonyl (C=O) groups is 8. The van der Waals surface area contributed by atoms with E-state index in [-0.39, 0.29) is 63.0 Å². The number of alkyl carbamates (subject to hydrolysis) is 1. The zero-order valence-electron chi connectivity index (χ0n) is 41.3. The molecule has 6 aliphatic rings. The van der Waals surface area contributed by atoms with E-state index in [4.69, 9.17) is 40.1 Å². The van der Waals surface area contributed by atoms with Crippen molar-refractivity contribution in [2.75, 3.05) is 38.0 Å². The molecule has 21 heteroatoms. The summed E-state index contributed by atoms with van der Waals surface area (Å²) >= 11 is 8.15. The number of aryl methyl sites for hydroxylation is 1. The summed E-state index contributed by atoms with van der Waals surface area (Å²) in [6.45, 7) is 9.21. The number of benzene rings is 1. The minimum atomic E-state index is -1.84. The Balaban J connectivity index is 0.943. The number of nitrogens with zero attached hydrogens (tertiary/aromatic N) is 3. The first-order valence-corrected chi connectivity index (χ1v) is 25.7. The van der Waals surface area contributed by atoms with Crippen LogP contribution >= 0.6 is 23.4 Å². The van der Waals surface area contributed by atoms with E-state index in [0.29, 0.717) is 60.1 Å². The lowest BCUT2D eigenvalue weighted by Crippen LogP contribution is -2.63. The van der Waals surface area contributed by atoms with Crippen LogP contribution in [0.5, 0.6) is 0 Å². The number of aliphatic hydroxyl groups is 1. The molecule has 0 spiro atoms. The maximum Gasteiger partial charge on any atom is 0.409 e. The molecule has 19 nitrogen and oxygen atoms in total. The molecule has 1 unspecified atom stereocenters. The smallest absolute Gasteiger partial charge is 0.409 e. The van der Waals surface area contributed by atoms with Crippen molar-refractivity contribution in [2.24, 2.45) is 17.8 Å². The third-order valence-electron chi connectivity index (χ3n) is 14.5. The van der Waals surface area contributed by atoms with Gasteiger partial charge in [0.1, 0.15) is 23.9 Å². The average Bonchev–Trinajstić information content (AvgIpc) is 3.83. The molecule has 1 aliphatic carbocycles. The first kappa shape index (κ1) is 53.9. The lowest BCUT2D eigenvalue weighted by Gasteiger charge is -2.42. The Hall–Kier alpha value is -4.86. The van der Waals surface area contributed by atoms with E-state index in [2.05, 4.69) is 5.32 Å². The Morgan fingerprint density at radius 2 is 1.72 bits per heavy atom. The number of hydrogen-bond acceptors (Lipinski definition) is 16. The summed E-state index contributed by atoms with van der Waals surface area (Å²) in [4.78, 5) is 112. The molecule has 7 rings (SSSR count). The summed E-state index contributed by atoms with van der Waals surface area (Å²) in [6, 6.07) is 3.78. The molecule has 5 aliphatic heterocycles. The van der Waals surface area contributed by atoms with Crippen molar-refractivity contribution in [3.05, 3.63) is 52.1 Å². The van der Waals surface area contributed by atoms with Gasteiger partial charge in [0.15, 0.2) is 11.8 Å². The highest BCUT2D eigenvalue weighted by Gasteiger charge is 2.64. The van der Waals surface area contributed by atoms with Crippen LogP contribution in [0, 0.1) is 24.7 Å². The zero-order chi connectivity index (χ0) is 51.5. The van der Waals surface area contributed by atoms with Crippen molar-refractivity contribution < 1.29 is 72.0 Å². The lowest BCUT2D eigenvalue weighted by atomic mass is 9.82. The van der Waals surface area contributed by atoms with E-state index < -0.39 is 94.7 Å². The topological polar surface area (TPSA) is 237 Å². The van der Waals surface area contributed by atoms with Crippen LogP contribution in [-0.4, -0.2) is 143 Å². The van der Waals surface area contributed by atoms with Gasteiger partial charge < -0.3 is 38.5 Å². The van der Waals surface area contributed by atoms with E-state index >= 15 is 0 Å². The number of carbonyl (C=O) groups excluding carboxylic acids is 8. The number of ether oxygens (including phenoxy) is 5. The largest absolute Gasteiger partial charge is 0.457 e. The van der Waals surface area contributed by atoms with Gasteiger partial charge in [-0.2, -0.15) is 0 Å². The van der Waals surface area contributed by atoms with E-state index in [0.717, 1.165) is 16.7 Å². The normalized spacial score (nSPS) is 33.2. The van der Waals surface area contributed by atoms with Crippen LogP contribution in [-0.2, 0) is 68.5 Å². The summed E-state index contributed by atoms with van der Waals surface area (Å²) in [7, 11) is 3.03. The Morgan fingerprint density at radius 1 is 1.01 bits per heavy atom. The fraction of sp³-hybridized carbons (Fsp3) is 0.640. The third-order valence-corrected chi connectivity index (χ3v) is 16.3. The molecule has 5 fully saturated rings. The van der Waals surface area contributed by atoms with Crippen molar-refractivity contribution in [2.45, 2.75) is 152 Å². The second-order valence-electron chi connectivity index (χ2n) is 19.8. The number of rotatable bonds is 13. The number of amides is 6. The molecule has 6 amide bonds. The number of hydrogen-bond donors (Lipinski definition) is 2. The van der Waals surface area contributed by atoms with Gasteiger partial charge in [0.05, 0.1) is 34.4 Å². The number of fused-ring (bicyclic) bond motifs is 5. The fourth-order valence-electron chi connectivity index (χ4n) is 10.1. The maximum absolute atomic E-state index is 14.2. The minimum Gasteiger partial charge on any atom is -0.457 e. The van der Waals surface area contributed by atoms with Gasteiger partial charge in [0, 0.05) is 58.9 Å². The monoisotopic (exact) mass is 1030 g/mol. The molecule has 2 N–H and O–H groups in total. The molecule has 5 heterocycles. The Morgan fingerprint density at radius 3 is 2.41 bits per heavy atom. The second kappa shape index (κ2) is 22.5. The van der Waals surface area contributed by atoms with E-state index in [1.165, 1.54) is 35.6 Å². The number of hydroxylamine groups is 2. The lowest BCUT2D eigenvalue weighted by molar-refractivity contribution is -0.201. The number of nitrogens with one attached hydrogen (secondary N) is 1. The highest BCUT2D eigenvalue weighted by atomic mass is 35.5. The summed E-state index contributed by atoms with van der Waals surface area (Å²) in [6.07, 6.45) is 2.44. The maximum atomic E-state index is 14.2. The van der Waals surface area contributed by atoms with Gasteiger partial charge in [-0.25, -0.2) is 14.4 Å². The zero-order valence-corrected chi connectivity index (χ0v) is 42.8. The summed E-state index contributed by atoms with van der Waals surface area (Å²) in [5, 5.41) is 14.7. The van der Waals surface area contributed by atoms with Crippen LogP contribution in [0.15, 0.2) is 35.9 Å². The second-order valence-corrected chi connectivity index (χ2v) is 21.5. The third kappa shape index (κ3) is 12.3. The molecule has 0 radical (unpaired) electrons. The molecular weight excluding hydrogens is 964 g/mol. The number of imide groups is 2. The van der Waals surface area contributed by atoms with Crippen LogP contribution in [0.2, 0.25) is 5.02 Å². The fourth-order valence-corrected chi connectivity index (χ4v) is 11.5. The molecule has 4 saturated heterocycles. The van der Waals surface area contributed by atoms with Crippen LogP contribution in [0.25, 0.3) is 0 Å². The Labute approximate surface area is 422 Å². The molecule has 9 atom stereocenters. The van der Waals surface area contributed by atoms with Crippen molar-refractivity contribution in [3.8, 4) is 0 Å². The van der Waals surface area contributed by atoms with Crippen LogP contribution in [0.3, 0.4) is 0 Å².